The Labute approximate surface area is 172 Å². The molecule has 1 fully saturated rings. The molecule has 0 saturated carbocycles. The minimum atomic E-state index is -3.68. The highest BCUT2D eigenvalue weighted by Crippen LogP contribution is 2.33. The lowest BCUT2D eigenvalue weighted by molar-refractivity contribution is 0.374. The van der Waals surface area contributed by atoms with Gasteiger partial charge in [0.15, 0.2) is 0 Å². The Hall–Kier alpha value is -1.76. The minimum Gasteiger partial charge on any atom is -0.495 e. The van der Waals surface area contributed by atoms with Crippen LogP contribution < -0.4 is 9.64 Å². The zero-order chi connectivity index (χ0) is 20.6. The summed E-state index contributed by atoms with van der Waals surface area (Å²) in [7, 11) is -2.20. The van der Waals surface area contributed by atoms with Gasteiger partial charge in [-0.15, -0.1) is 0 Å². The summed E-state index contributed by atoms with van der Waals surface area (Å²) in [6.45, 7) is 10.3. The van der Waals surface area contributed by atoms with E-state index in [4.69, 9.17) is 16.3 Å². The minimum absolute atomic E-state index is 0.127. The van der Waals surface area contributed by atoms with Crippen LogP contribution in [-0.2, 0) is 10.0 Å². The van der Waals surface area contributed by atoms with Crippen LogP contribution in [0.1, 0.15) is 22.3 Å². The van der Waals surface area contributed by atoms with Crippen LogP contribution in [-0.4, -0.2) is 46.0 Å². The van der Waals surface area contributed by atoms with E-state index in [2.05, 4.69) is 37.8 Å². The number of nitrogens with zero attached hydrogens (tertiary/aromatic N) is 2. The van der Waals surface area contributed by atoms with Crippen molar-refractivity contribution in [3.63, 3.8) is 0 Å². The lowest BCUT2D eigenvalue weighted by Gasteiger charge is -2.37. The van der Waals surface area contributed by atoms with Gasteiger partial charge in [0, 0.05) is 36.9 Å². The largest absolute Gasteiger partial charge is 0.495 e. The van der Waals surface area contributed by atoms with Crippen LogP contribution in [0.5, 0.6) is 5.75 Å². The number of hydrogen-bond acceptors (Lipinski definition) is 4. The number of sulfonamides is 1. The van der Waals surface area contributed by atoms with Crippen LogP contribution >= 0.6 is 11.6 Å². The summed E-state index contributed by atoms with van der Waals surface area (Å²) < 4.78 is 33.3. The molecule has 0 spiro atoms. The normalized spacial score (nSPS) is 15.7. The highest BCUT2D eigenvalue weighted by atomic mass is 35.5. The van der Waals surface area contributed by atoms with Crippen molar-refractivity contribution in [2.75, 3.05) is 38.2 Å². The van der Waals surface area contributed by atoms with Crippen molar-refractivity contribution in [1.29, 1.82) is 0 Å². The van der Waals surface area contributed by atoms with Crippen LogP contribution in [0.15, 0.2) is 29.2 Å². The number of methoxy groups -OCH3 is 1. The Bertz CT molecular complexity index is 974. The van der Waals surface area contributed by atoms with E-state index in [1.807, 2.05) is 6.92 Å². The van der Waals surface area contributed by atoms with Gasteiger partial charge in [0.1, 0.15) is 10.6 Å². The molecule has 1 saturated heterocycles. The van der Waals surface area contributed by atoms with Gasteiger partial charge in [-0.25, -0.2) is 8.42 Å². The molecular weight excluding hydrogens is 396 g/mol. The van der Waals surface area contributed by atoms with Crippen LogP contribution in [0.3, 0.4) is 0 Å². The molecule has 28 heavy (non-hydrogen) atoms. The van der Waals surface area contributed by atoms with E-state index in [9.17, 15) is 8.42 Å². The van der Waals surface area contributed by atoms with Crippen molar-refractivity contribution in [3.8, 4) is 5.75 Å². The van der Waals surface area contributed by atoms with Gasteiger partial charge in [-0.05, 0) is 56.5 Å². The SMILES string of the molecule is COc1cc(C)c(Cl)cc1S(=O)(=O)N1CCN(c2c(C)cc(C)cc2C)CC1. The monoisotopic (exact) mass is 422 g/mol. The maximum absolute atomic E-state index is 13.2. The number of aryl methyl sites for hydroxylation is 4. The van der Waals surface area contributed by atoms with Gasteiger partial charge >= 0.3 is 0 Å². The summed E-state index contributed by atoms with van der Waals surface area (Å²) in [4.78, 5) is 2.40. The van der Waals surface area contributed by atoms with E-state index in [-0.39, 0.29) is 4.90 Å². The Kier molecular flexibility index (Phi) is 5.94. The fourth-order valence-electron chi connectivity index (χ4n) is 3.96. The summed E-state index contributed by atoms with van der Waals surface area (Å²) in [5, 5.41) is 0.420. The lowest BCUT2D eigenvalue weighted by Crippen LogP contribution is -2.49. The molecule has 0 radical (unpaired) electrons. The third-order valence-corrected chi connectivity index (χ3v) is 7.58. The van der Waals surface area contributed by atoms with Crippen LogP contribution in [0.2, 0.25) is 5.02 Å². The number of rotatable bonds is 4. The predicted octanol–water partition coefficient (Wildman–Crippen LogP) is 4.09. The molecule has 0 unspecified atom stereocenters. The molecular formula is C21H27ClN2O3S. The van der Waals surface area contributed by atoms with Crippen LogP contribution in [0.4, 0.5) is 5.69 Å². The van der Waals surface area contributed by atoms with E-state index in [0.717, 1.165) is 5.56 Å². The topological polar surface area (TPSA) is 49.9 Å². The number of hydrogen-bond donors (Lipinski definition) is 0. The van der Waals surface area contributed by atoms with Crippen LogP contribution in [0.25, 0.3) is 0 Å². The molecule has 5 nitrogen and oxygen atoms in total. The molecule has 0 amide bonds. The molecule has 1 heterocycles. The first kappa shape index (κ1) is 21.0. The van der Waals surface area contributed by atoms with Crippen molar-refractivity contribution in [1.82, 2.24) is 4.31 Å². The molecule has 3 rings (SSSR count). The number of ether oxygens (including phenoxy) is 1. The van der Waals surface area contributed by atoms with Crippen molar-refractivity contribution >= 4 is 27.3 Å². The molecule has 1 aliphatic heterocycles. The van der Waals surface area contributed by atoms with Gasteiger partial charge in [0.2, 0.25) is 10.0 Å². The first-order valence-electron chi connectivity index (χ1n) is 9.32. The second kappa shape index (κ2) is 7.93. The average molecular weight is 423 g/mol. The maximum Gasteiger partial charge on any atom is 0.246 e. The summed E-state index contributed by atoms with van der Waals surface area (Å²) in [6.07, 6.45) is 0. The van der Waals surface area contributed by atoms with Gasteiger partial charge in [0.05, 0.1) is 7.11 Å². The van der Waals surface area contributed by atoms with E-state index < -0.39 is 10.0 Å². The fourth-order valence-corrected chi connectivity index (χ4v) is 5.77. The van der Waals surface area contributed by atoms with Gasteiger partial charge < -0.3 is 9.64 Å². The van der Waals surface area contributed by atoms with Crippen molar-refractivity contribution in [3.05, 3.63) is 51.5 Å². The molecule has 7 heteroatoms. The molecule has 0 aromatic heterocycles. The fraction of sp³-hybridized carbons (Fsp3) is 0.429. The Balaban J connectivity index is 1.85. The molecule has 2 aromatic rings. The van der Waals surface area contributed by atoms with Gasteiger partial charge in [0.25, 0.3) is 0 Å². The summed E-state index contributed by atoms with van der Waals surface area (Å²) in [6, 6.07) is 7.51. The first-order valence-corrected chi connectivity index (χ1v) is 11.1. The van der Waals surface area contributed by atoms with E-state index in [1.54, 1.807) is 6.07 Å². The van der Waals surface area contributed by atoms with Crippen LogP contribution in [0, 0.1) is 27.7 Å². The maximum atomic E-state index is 13.2. The van der Waals surface area contributed by atoms with Gasteiger partial charge in [-0.3, -0.25) is 0 Å². The molecule has 0 atom stereocenters. The summed E-state index contributed by atoms with van der Waals surface area (Å²) in [5.74, 6) is 0.328. The molecule has 152 valence electrons. The number of piperazine rings is 1. The van der Waals surface area contributed by atoms with Crippen molar-refractivity contribution in [2.24, 2.45) is 0 Å². The lowest BCUT2D eigenvalue weighted by atomic mass is 10.0. The number of benzene rings is 2. The Morgan fingerprint density at radius 2 is 1.46 bits per heavy atom. The highest BCUT2D eigenvalue weighted by Gasteiger charge is 2.32. The summed E-state index contributed by atoms with van der Waals surface area (Å²) >= 11 is 6.19. The standard InChI is InChI=1S/C21H27ClN2O3S/c1-14-10-16(3)21(17(4)11-14)23-6-8-24(9-7-23)28(25,26)20-13-18(22)15(2)12-19(20)27-5/h10-13H,6-9H2,1-5H3. The molecule has 1 aliphatic rings. The predicted molar refractivity (Wildman–Crippen MR) is 114 cm³/mol. The summed E-state index contributed by atoms with van der Waals surface area (Å²) in [5.41, 5.74) is 5.68. The third-order valence-electron chi connectivity index (χ3n) is 5.25. The van der Waals surface area contributed by atoms with E-state index >= 15 is 0 Å². The van der Waals surface area contributed by atoms with E-state index in [0.29, 0.717) is 37.0 Å². The second-order valence-electron chi connectivity index (χ2n) is 7.39. The number of halogens is 1. The third kappa shape index (κ3) is 3.86. The molecule has 0 bridgehead atoms. The highest BCUT2D eigenvalue weighted by molar-refractivity contribution is 7.89. The number of anilines is 1. The van der Waals surface area contributed by atoms with Gasteiger partial charge in [-0.2, -0.15) is 4.31 Å². The molecule has 0 N–H and O–H groups in total. The van der Waals surface area contributed by atoms with Gasteiger partial charge in [-0.1, -0.05) is 29.3 Å². The zero-order valence-electron chi connectivity index (χ0n) is 17.0. The smallest absolute Gasteiger partial charge is 0.246 e. The second-order valence-corrected chi connectivity index (χ2v) is 9.70. The quantitative estimate of drug-likeness (QED) is 0.744. The zero-order valence-corrected chi connectivity index (χ0v) is 18.6. The van der Waals surface area contributed by atoms with Crippen molar-refractivity contribution in [2.45, 2.75) is 32.6 Å². The van der Waals surface area contributed by atoms with Crippen molar-refractivity contribution < 1.29 is 13.2 Å². The average Bonchev–Trinajstić information content (AvgIpc) is 2.63. The molecule has 2 aromatic carbocycles. The molecule has 0 aliphatic carbocycles. The Morgan fingerprint density at radius 1 is 0.893 bits per heavy atom. The first-order chi connectivity index (χ1) is 13.1. The Morgan fingerprint density at radius 3 is 2.00 bits per heavy atom. The van der Waals surface area contributed by atoms with E-state index in [1.165, 1.54) is 39.9 Å².